The maximum Gasteiger partial charge on any atom is 0.239 e. The minimum Gasteiger partial charge on any atom is -0.358 e. The number of hydrogen-bond donors (Lipinski definition) is 2. The van der Waals surface area contributed by atoms with Crippen LogP contribution in [0.25, 0.3) is 0 Å². The zero-order valence-electron chi connectivity index (χ0n) is 7.95. The smallest absolute Gasteiger partial charge is 0.239 e. The lowest BCUT2D eigenvalue weighted by Crippen LogP contribution is -2.25. The SMILES string of the molecule is CNC(=O)Cn1cccc1C(C)N. The quantitative estimate of drug-likeness (QED) is 0.702. The molecule has 0 spiro atoms. The van der Waals surface area contributed by atoms with Crippen LogP contribution in [0.1, 0.15) is 18.7 Å². The van der Waals surface area contributed by atoms with Gasteiger partial charge in [0, 0.05) is 25.0 Å². The van der Waals surface area contributed by atoms with E-state index in [1.807, 2.05) is 29.8 Å². The van der Waals surface area contributed by atoms with Crippen LogP contribution in [0.2, 0.25) is 0 Å². The van der Waals surface area contributed by atoms with Crippen molar-refractivity contribution in [2.24, 2.45) is 5.73 Å². The molecule has 1 amide bonds. The van der Waals surface area contributed by atoms with Gasteiger partial charge in [-0.2, -0.15) is 0 Å². The molecule has 1 rings (SSSR count). The van der Waals surface area contributed by atoms with E-state index in [0.29, 0.717) is 6.54 Å². The van der Waals surface area contributed by atoms with E-state index >= 15 is 0 Å². The first kappa shape index (κ1) is 9.80. The van der Waals surface area contributed by atoms with E-state index in [-0.39, 0.29) is 11.9 Å². The number of carbonyl (C=O) groups is 1. The van der Waals surface area contributed by atoms with Crippen molar-refractivity contribution in [3.8, 4) is 0 Å². The lowest BCUT2D eigenvalue weighted by atomic mass is 10.2. The molecule has 0 aromatic carbocycles. The number of likely N-dealkylation sites (N-methyl/N-ethyl adjacent to an activating group) is 1. The summed E-state index contributed by atoms with van der Waals surface area (Å²) < 4.78 is 1.85. The van der Waals surface area contributed by atoms with Crippen molar-refractivity contribution < 1.29 is 4.79 Å². The summed E-state index contributed by atoms with van der Waals surface area (Å²) in [4.78, 5) is 11.1. The molecule has 4 nitrogen and oxygen atoms in total. The van der Waals surface area contributed by atoms with Gasteiger partial charge < -0.3 is 15.6 Å². The van der Waals surface area contributed by atoms with Crippen LogP contribution in [0, 0.1) is 0 Å². The predicted molar refractivity (Wildman–Crippen MR) is 51.1 cm³/mol. The van der Waals surface area contributed by atoms with Crippen molar-refractivity contribution in [1.29, 1.82) is 0 Å². The average Bonchev–Trinajstić information content (AvgIpc) is 2.52. The van der Waals surface area contributed by atoms with E-state index in [2.05, 4.69) is 5.32 Å². The van der Waals surface area contributed by atoms with Crippen molar-refractivity contribution in [2.45, 2.75) is 19.5 Å². The summed E-state index contributed by atoms with van der Waals surface area (Å²) in [5, 5.41) is 2.57. The minimum atomic E-state index is -0.0420. The maximum atomic E-state index is 11.1. The van der Waals surface area contributed by atoms with Gasteiger partial charge in [0.15, 0.2) is 0 Å². The molecule has 0 radical (unpaired) electrons. The molecule has 3 N–H and O–H groups in total. The first-order valence-corrected chi connectivity index (χ1v) is 4.26. The number of nitrogens with one attached hydrogen (secondary N) is 1. The van der Waals surface area contributed by atoms with Crippen molar-refractivity contribution in [3.05, 3.63) is 24.0 Å². The van der Waals surface area contributed by atoms with Crippen molar-refractivity contribution in [3.63, 3.8) is 0 Å². The molecule has 72 valence electrons. The standard InChI is InChI=1S/C9H15N3O/c1-7(10)8-4-3-5-12(8)6-9(13)11-2/h3-5,7H,6,10H2,1-2H3,(H,11,13). The summed E-state index contributed by atoms with van der Waals surface area (Å²) in [6, 6.07) is 3.77. The van der Waals surface area contributed by atoms with E-state index in [9.17, 15) is 4.79 Å². The second-order valence-electron chi connectivity index (χ2n) is 3.02. The minimum absolute atomic E-state index is 0.0156. The van der Waals surface area contributed by atoms with Crippen LogP contribution >= 0.6 is 0 Å². The van der Waals surface area contributed by atoms with Crippen LogP contribution in [0.4, 0.5) is 0 Å². The molecule has 1 atom stereocenters. The second kappa shape index (κ2) is 4.09. The normalized spacial score (nSPS) is 12.5. The topological polar surface area (TPSA) is 60.0 Å². The Balaban J connectivity index is 2.76. The summed E-state index contributed by atoms with van der Waals surface area (Å²) in [5.41, 5.74) is 6.70. The van der Waals surface area contributed by atoms with Gasteiger partial charge in [-0.05, 0) is 19.1 Å². The molecule has 13 heavy (non-hydrogen) atoms. The zero-order valence-corrected chi connectivity index (χ0v) is 7.95. The molecular formula is C9H15N3O. The third kappa shape index (κ3) is 2.32. The van der Waals surface area contributed by atoms with Gasteiger partial charge in [-0.25, -0.2) is 0 Å². The van der Waals surface area contributed by atoms with Crippen molar-refractivity contribution >= 4 is 5.91 Å². The van der Waals surface area contributed by atoms with E-state index in [0.717, 1.165) is 5.69 Å². The molecule has 4 heteroatoms. The monoisotopic (exact) mass is 181 g/mol. The molecule has 1 aromatic heterocycles. The van der Waals surface area contributed by atoms with Crippen molar-refractivity contribution in [1.82, 2.24) is 9.88 Å². The number of amides is 1. The molecule has 0 bridgehead atoms. The van der Waals surface area contributed by atoms with E-state index in [1.165, 1.54) is 0 Å². The van der Waals surface area contributed by atoms with Crippen LogP contribution in [-0.4, -0.2) is 17.5 Å². The molecule has 0 saturated heterocycles. The fourth-order valence-corrected chi connectivity index (χ4v) is 1.22. The van der Waals surface area contributed by atoms with Crippen LogP contribution in [-0.2, 0) is 11.3 Å². The highest BCUT2D eigenvalue weighted by Crippen LogP contribution is 2.09. The predicted octanol–water partition coefficient (Wildman–Crippen LogP) is 0.254. The van der Waals surface area contributed by atoms with Gasteiger partial charge in [0.25, 0.3) is 0 Å². The Bertz CT molecular complexity index is 291. The first-order chi connectivity index (χ1) is 6.15. The number of carbonyl (C=O) groups excluding carboxylic acids is 1. The third-order valence-electron chi connectivity index (χ3n) is 1.92. The Morgan fingerprint density at radius 1 is 1.77 bits per heavy atom. The molecule has 0 aliphatic carbocycles. The summed E-state index contributed by atoms with van der Waals surface area (Å²) >= 11 is 0. The first-order valence-electron chi connectivity index (χ1n) is 4.26. The zero-order chi connectivity index (χ0) is 9.84. The Morgan fingerprint density at radius 3 is 3.00 bits per heavy atom. The van der Waals surface area contributed by atoms with Crippen LogP contribution < -0.4 is 11.1 Å². The Kier molecular flexibility index (Phi) is 3.08. The van der Waals surface area contributed by atoms with Crippen LogP contribution in [0.3, 0.4) is 0 Å². The summed E-state index contributed by atoms with van der Waals surface area (Å²) in [6.45, 7) is 2.23. The van der Waals surface area contributed by atoms with Crippen LogP contribution in [0.15, 0.2) is 18.3 Å². The lowest BCUT2D eigenvalue weighted by Gasteiger charge is -2.10. The summed E-state index contributed by atoms with van der Waals surface area (Å²) in [7, 11) is 1.62. The number of nitrogens with zero attached hydrogens (tertiary/aromatic N) is 1. The maximum absolute atomic E-state index is 11.1. The molecular weight excluding hydrogens is 166 g/mol. The number of hydrogen-bond acceptors (Lipinski definition) is 2. The van der Waals surface area contributed by atoms with Gasteiger partial charge in [-0.1, -0.05) is 0 Å². The van der Waals surface area contributed by atoms with Gasteiger partial charge >= 0.3 is 0 Å². The Hall–Kier alpha value is -1.29. The van der Waals surface area contributed by atoms with Gasteiger partial charge in [0.05, 0.1) is 0 Å². The van der Waals surface area contributed by atoms with E-state index in [1.54, 1.807) is 7.05 Å². The van der Waals surface area contributed by atoms with Crippen LogP contribution in [0.5, 0.6) is 0 Å². The van der Waals surface area contributed by atoms with Gasteiger partial charge in [-0.3, -0.25) is 4.79 Å². The Morgan fingerprint density at radius 2 is 2.46 bits per heavy atom. The van der Waals surface area contributed by atoms with Crippen molar-refractivity contribution in [2.75, 3.05) is 7.05 Å². The fraction of sp³-hybridized carbons (Fsp3) is 0.444. The lowest BCUT2D eigenvalue weighted by molar-refractivity contribution is -0.121. The molecule has 0 saturated carbocycles. The summed E-state index contributed by atoms with van der Waals surface area (Å²) in [6.07, 6.45) is 1.86. The highest BCUT2D eigenvalue weighted by molar-refractivity contribution is 5.75. The molecule has 1 aromatic rings. The van der Waals surface area contributed by atoms with E-state index < -0.39 is 0 Å². The van der Waals surface area contributed by atoms with Gasteiger partial charge in [-0.15, -0.1) is 0 Å². The molecule has 1 unspecified atom stereocenters. The molecule has 0 aliphatic heterocycles. The number of rotatable bonds is 3. The number of aromatic nitrogens is 1. The largest absolute Gasteiger partial charge is 0.358 e. The fourth-order valence-electron chi connectivity index (χ4n) is 1.22. The summed E-state index contributed by atoms with van der Waals surface area (Å²) in [5.74, 6) is -0.0156. The highest BCUT2D eigenvalue weighted by atomic mass is 16.1. The van der Waals surface area contributed by atoms with E-state index in [4.69, 9.17) is 5.73 Å². The second-order valence-corrected chi connectivity index (χ2v) is 3.02. The number of nitrogens with two attached hydrogens (primary N) is 1. The molecule has 0 fully saturated rings. The third-order valence-corrected chi connectivity index (χ3v) is 1.92. The van der Waals surface area contributed by atoms with Gasteiger partial charge in [0.1, 0.15) is 6.54 Å². The molecule has 1 heterocycles. The Labute approximate surface area is 77.7 Å². The highest BCUT2D eigenvalue weighted by Gasteiger charge is 2.07. The van der Waals surface area contributed by atoms with Gasteiger partial charge in [0.2, 0.25) is 5.91 Å². The average molecular weight is 181 g/mol. The molecule has 0 aliphatic rings.